The van der Waals surface area contributed by atoms with Crippen molar-refractivity contribution in [2.45, 2.75) is 82.1 Å². The quantitative estimate of drug-likeness (QED) is 0.234. The maximum Gasteiger partial charge on any atom is 0.336 e. The Morgan fingerprint density at radius 1 is 1.03 bits per heavy atom. The Hall–Kier alpha value is -2.62. The van der Waals surface area contributed by atoms with Gasteiger partial charge in [0.2, 0.25) is 12.2 Å². The van der Waals surface area contributed by atoms with Gasteiger partial charge in [0, 0.05) is 24.4 Å². The molecule has 13 nitrogen and oxygen atoms in total. The number of hydrogen-bond donors (Lipinski definition) is 6. The molecule has 2 fully saturated rings. The molecule has 0 saturated carbocycles. The van der Waals surface area contributed by atoms with Crippen molar-refractivity contribution in [2.24, 2.45) is 0 Å². The molecule has 2 aromatic rings. The molecular formula is C24H31NO12. The van der Waals surface area contributed by atoms with Crippen molar-refractivity contribution in [3.05, 3.63) is 40.2 Å². The minimum absolute atomic E-state index is 0.189. The van der Waals surface area contributed by atoms with Gasteiger partial charge in [0.15, 0.2) is 6.29 Å². The first-order chi connectivity index (χ1) is 17.5. The largest absolute Gasteiger partial charge is 0.462 e. The normalized spacial score (nSPS) is 36.3. The van der Waals surface area contributed by atoms with Crippen LogP contribution in [0.5, 0.6) is 5.75 Å². The molecule has 10 atom stereocenters. The van der Waals surface area contributed by atoms with Gasteiger partial charge in [-0.3, -0.25) is 4.79 Å². The zero-order chi connectivity index (χ0) is 27.0. The number of rotatable bonds is 6. The summed E-state index contributed by atoms with van der Waals surface area (Å²) >= 11 is 0. The van der Waals surface area contributed by atoms with Crippen LogP contribution in [0.4, 0.5) is 0 Å². The number of carbonyl (C=O) groups excluding carboxylic acids is 1. The Morgan fingerprint density at radius 2 is 1.76 bits per heavy atom. The first-order valence-electron chi connectivity index (χ1n) is 11.8. The molecule has 2 aliphatic heterocycles. The van der Waals surface area contributed by atoms with Gasteiger partial charge in [-0.15, -0.1) is 0 Å². The first-order valence-corrected chi connectivity index (χ1v) is 11.8. The maximum atomic E-state index is 12.1. The fourth-order valence-electron chi connectivity index (χ4n) is 4.51. The average molecular weight is 526 g/mol. The van der Waals surface area contributed by atoms with E-state index in [0.717, 1.165) is 0 Å². The summed E-state index contributed by atoms with van der Waals surface area (Å²) in [5.41, 5.74) is 0.408. The van der Waals surface area contributed by atoms with Crippen LogP contribution in [0.1, 0.15) is 19.4 Å². The van der Waals surface area contributed by atoms with Crippen LogP contribution in [0, 0.1) is 6.92 Å². The van der Waals surface area contributed by atoms with Crippen LogP contribution in [0.2, 0.25) is 0 Å². The molecule has 4 rings (SSSR count). The summed E-state index contributed by atoms with van der Waals surface area (Å²) in [6, 6.07) is 4.89. The summed E-state index contributed by atoms with van der Waals surface area (Å²) in [5, 5.41) is 54.5. The zero-order valence-electron chi connectivity index (χ0n) is 20.4. The number of fused-ring (bicyclic) bond motifs is 1. The molecule has 204 valence electrons. The van der Waals surface area contributed by atoms with Gasteiger partial charge in [0.05, 0.1) is 12.7 Å². The highest BCUT2D eigenvalue weighted by Crippen LogP contribution is 2.31. The summed E-state index contributed by atoms with van der Waals surface area (Å²) in [5.74, 6) is -0.339. The van der Waals surface area contributed by atoms with Crippen molar-refractivity contribution in [2.75, 3.05) is 6.61 Å². The molecule has 13 heteroatoms. The molecule has 0 radical (unpaired) electrons. The van der Waals surface area contributed by atoms with Crippen LogP contribution < -0.4 is 15.7 Å². The van der Waals surface area contributed by atoms with Crippen molar-refractivity contribution in [1.82, 2.24) is 5.32 Å². The van der Waals surface area contributed by atoms with Gasteiger partial charge in [-0.25, -0.2) is 4.79 Å². The van der Waals surface area contributed by atoms with E-state index in [9.17, 15) is 35.1 Å². The second kappa shape index (κ2) is 11.0. The van der Waals surface area contributed by atoms with Gasteiger partial charge in [-0.1, -0.05) is 0 Å². The molecule has 37 heavy (non-hydrogen) atoms. The lowest BCUT2D eigenvalue weighted by atomic mass is 9.95. The third-order valence-corrected chi connectivity index (χ3v) is 6.50. The van der Waals surface area contributed by atoms with Gasteiger partial charge in [-0.2, -0.15) is 0 Å². The van der Waals surface area contributed by atoms with Crippen molar-refractivity contribution >= 4 is 16.9 Å². The van der Waals surface area contributed by atoms with Crippen LogP contribution in [0.3, 0.4) is 0 Å². The molecule has 0 bridgehead atoms. The highest BCUT2D eigenvalue weighted by atomic mass is 16.7. The van der Waals surface area contributed by atoms with Crippen molar-refractivity contribution in [1.29, 1.82) is 0 Å². The van der Waals surface area contributed by atoms with Crippen LogP contribution in [-0.4, -0.2) is 99.4 Å². The number of benzene rings is 1. The predicted octanol–water partition coefficient (Wildman–Crippen LogP) is -1.72. The molecule has 0 aliphatic carbocycles. The fraction of sp³-hybridized carbons (Fsp3) is 0.583. The van der Waals surface area contributed by atoms with Crippen LogP contribution >= 0.6 is 0 Å². The smallest absolute Gasteiger partial charge is 0.336 e. The van der Waals surface area contributed by atoms with Gasteiger partial charge >= 0.3 is 5.63 Å². The van der Waals surface area contributed by atoms with Gasteiger partial charge < -0.3 is 54.2 Å². The summed E-state index contributed by atoms with van der Waals surface area (Å²) in [7, 11) is 0. The molecule has 2 saturated heterocycles. The average Bonchev–Trinajstić information content (AvgIpc) is 2.84. The Labute approximate surface area is 211 Å². The van der Waals surface area contributed by atoms with Crippen molar-refractivity contribution in [3.8, 4) is 5.75 Å². The van der Waals surface area contributed by atoms with E-state index >= 15 is 0 Å². The number of aliphatic hydroxyl groups excluding tert-OH is 5. The molecule has 3 heterocycles. The highest BCUT2D eigenvalue weighted by molar-refractivity contribution is 5.81. The number of carbonyl (C=O) groups is 1. The third-order valence-electron chi connectivity index (χ3n) is 6.50. The summed E-state index contributed by atoms with van der Waals surface area (Å²) in [6.45, 7) is 3.79. The van der Waals surface area contributed by atoms with Crippen LogP contribution in [0.25, 0.3) is 11.0 Å². The number of ether oxygens (including phenoxy) is 4. The van der Waals surface area contributed by atoms with E-state index in [1.807, 2.05) is 0 Å². The minimum atomic E-state index is -1.68. The number of hydrogen-bond acceptors (Lipinski definition) is 12. The Bertz CT molecular complexity index is 1170. The second-order valence-corrected chi connectivity index (χ2v) is 9.25. The maximum absolute atomic E-state index is 12.1. The van der Waals surface area contributed by atoms with E-state index in [1.165, 1.54) is 26.0 Å². The molecule has 1 aromatic carbocycles. The molecule has 0 spiro atoms. The lowest BCUT2D eigenvalue weighted by molar-refractivity contribution is -0.335. The van der Waals surface area contributed by atoms with E-state index < -0.39 is 79.5 Å². The van der Waals surface area contributed by atoms with E-state index in [1.54, 1.807) is 19.1 Å². The fourth-order valence-corrected chi connectivity index (χ4v) is 4.51. The Morgan fingerprint density at radius 3 is 2.43 bits per heavy atom. The summed E-state index contributed by atoms with van der Waals surface area (Å²) in [6.07, 6.45) is -12.5. The van der Waals surface area contributed by atoms with E-state index in [-0.39, 0.29) is 11.3 Å². The molecular weight excluding hydrogens is 494 g/mol. The molecule has 0 unspecified atom stereocenters. The Balaban J connectivity index is 1.65. The summed E-state index contributed by atoms with van der Waals surface area (Å²) in [4.78, 5) is 23.9. The number of amides is 1. The summed E-state index contributed by atoms with van der Waals surface area (Å²) < 4.78 is 28.2. The van der Waals surface area contributed by atoms with Gasteiger partial charge in [0.25, 0.3) is 0 Å². The Kier molecular flexibility index (Phi) is 8.16. The molecule has 2 aliphatic rings. The minimum Gasteiger partial charge on any atom is -0.462 e. The number of aryl methyl sites for hydroxylation is 1. The SMILES string of the molecule is CC(=O)N[C@@H]1[C@H](Oc2ccc3c(C)cc(=O)oc3c2)O[C@H](CO)[C@@H](O)[C@@H]1O[C@@H]1O[C@@H](C)[C@@H](O)[C@H](O)[C@@H]1O. The van der Waals surface area contributed by atoms with Crippen molar-refractivity contribution in [3.63, 3.8) is 0 Å². The number of nitrogens with one attached hydrogen (secondary N) is 1. The molecule has 1 aromatic heterocycles. The topological polar surface area (TPSA) is 197 Å². The standard InChI is InChI=1S/C24H31NO12/c1-9-6-16(28)35-14-7-12(4-5-13(9)14)34-23-17(25-11(3)27)22(19(30)15(8-26)36-23)37-24-21(32)20(31)18(29)10(2)33-24/h4-7,10,15,17-24,26,29-32H,8H2,1-3H3,(H,25,27)/t10-,15+,17-,18+,19+,20-,21-,22+,23+,24-/m0/s1. The second-order valence-electron chi connectivity index (χ2n) is 9.25. The van der Waals surface area contributed by atoms with Crippen molar-refractivity contribution < 1.29 is 53.7 Å². The van der Waals surface area contributed by atoms with Gasteiger partial charge in [-0.05, 0) is 31.5 Å². The van der Waals surface area contributed by atoms with Crippen LogP contribution in [-0.2, 0) is 19.0 Å². The molecule has 1 amide bonds. The van der Waals surface area contributed by atoms with Crippen LogP contribution in [0.15, 0.2) is 33.5 Å². The first kappa shape index (κ1) is 27.4. The van der Waals surface area contributed by atoms with E-state index in [2.05, 4.69) is 5.32 Å². The predicted molar refractivity (Wildman–Crippen MR) is 124 cm³/mol. The molecule has 6 N–H and O–H groups in total. The monoisotopic (exact) mass is 525 g/mol. The lowest BCUT2D eigenvalue weighted by Crippen LogP contribution is -2.68. The number of aliphatic hydroxyl groups is 5. The van der Waals surface area contributed by atoms with E-state index in [4.69, 9.17) is 23.4 Å². The zero-order valence-corrected chi connectivity index (χ0v) is 20.4. The van der Waals surface area contributed by atoms with E-state index in [0.29, 0.717) is 10.9 Å². The highest BCUT2D eigenvalue weighted by Gasteiger charge is 2.51. The third kappa shape index (κ3) is 5.63. The van der Waals surface area contributed by atoms with Gasteiger partial charge in [0.1, 0.15) is 54.0 Å². The lowest BCUT2D eigenvalue weighted by Gasteiger charge is -2.47.